The van der Waals surface area contributed by atoms with Crippen LogP contribution in [-0.4, -0.2) is 46.5 Å². The number of hydrogen-bond donors (Lipinski definition) is 2. The molecule has 2 N–H and O–H groups in total. The largest absolute Gasteiger partial charge is 0.444 e. The highest BCUT2D eigenvalue weighted by atomic mass is 16.6. The van der Waals surface area contributed by atoms with Gasteiger partial charge in [-0.3, -0.25) is 9.59 Å². The molecule has 34 heavy (non-hydrogen) atoms. The maximum Gasteiger partial charge on any atom is 0.408 e. The molecule has 0 heterocycles. The number of alkyl carbamates (subject to hydrolysis) is 1. The van der Waals surface area contributed by atoms with Crippen molar-refractivity contribution in [1.82, 2.24) is 15.5 Å². The maximum absolute atomic E-state index is 13.7. The van der Waals surface area contributed by atoms with E-state index in [-0.39, 0.29) is 29.8 Å². The van der Waals surface area contributed by atoms with Crippen LogP contribution in [0.3, 0.4) is 0 Å². The molecule has 1 saturated carbocycles. The van der Waals surface area contributed by atoms with Crippen molar-refractivity contribution in [1.29, 1.82) is 0 Å². The summed E-state index contributed by atoms with van der Waals surface area (Å²) < 4.78 is 5.31. The van der Waals surface area contributed by atoms with Gasteiger partial charge in [0.25, 0.3) is 0 Å². The van der Waals surface area contributed by atoms with E-state index in [2.05, 4.69) is 23.5 Å². The summed E-state index contributed by atoms with van der Waals surface area (Å²) in [6, 6.07) is 5.30. The average Bonchev–Trinajstić information content (AvgIpc) is 3.45. The van der Waals surface area contributed by atoms with E-state index in [1.807, 2.05) is 13.8 Å². The molecule has 7 heteroatoms. The number of hydrogen-bond acceptors (Lipinski definition) is 4. The maximum atomic E-state index is 13.7. The molecular weight excluding hydrogens is 430 g/mol. The predicted molar refractivity (Wildman–Crippen MR) is 133 cm³/mol. The van der Waals surface area contributed by atoms with E-state index >= 15 is 0 Å². The van der Waals surface area contributed by atoms with Crippen LogP contribution in [-0.2, 0) is 14.3 Å². The second-order valence-electron chi connectivity index (χ2n) is 10.3. The van der Waals surface area contributed by atoms with Crippen molar-refractivity contribution in [3.63, 3.8) is 0 Å². The number of benzene rings is 1. The van der Waals surface area contributed by atoms with E-state index < -0.39 is 23.8 Å². The number of carbonyl (C=O) groups excluding carboxylic acids is 3. The van der Waals surface area contributed by atoms with Crippen LogP contribution in [0.1, 0.15) is 84.9 Å². The van der Waals surface area contributed by atoms with Crippen molar-refractivity contribution in [2.45, 2.75) is 97.5 Å². The zero-order valence-corrected chi connectivity index (χ0v) is 21.5. The Morgan fingerprint density at radius 3 is 2.24 bits per heavy atom. The standard InChI is InChI=1S/C27H39N3O4/c1-9-11-18(4)28-24(31)23(21-14-12-20(10-2)13-15-21)30(22-16-17(22)3)25(32)19(5)29-26(33)34-27(6,7)8/h2,12-15,17-19,22-23H,9,11,16H2,1,3-8H3,(H,28,31)(H,29,33). The van der Waals surface area contributed by atoms with Crippen molar-refractivity contribution in [3.05, 3.63) is 35.4 Å². The van der Waals surface area contributed by atoms with E-state index in [4.69, 9.17) is 11.2 Å². The highest BCUT2D eigenvalue weighted by Crippen LogP contribution is 2.40. The number of carbonyl (C=O) groups is 3. The molecule has 186 valence electrons. The fourth-order valence-electron chi connectivity index (χ4n) is 3.97. The van der Waals surface area contributed by atoms with Crippen LogP contribution in [0.4, 0.5) is 4.79 Å². The number of nitrogens with zero attached hydrogens (tertiary/aromatic N) is 1. The lowest BCUT2D eigenvalue weighted by Gasteiger charge is -2.35. The molecule has 0 saturated heterocycles. The van der Waals surface area contributed by atoms with E-state index in [0.29, 0.717) is 11.1 Å². The molecule has 1 aromatic rings. The zero-order valence-electron chi connectivity index (χ0n) is 21.5. The van der Waals surface area contributed by atoms with Crippen molar-refractivity contribution in [2.24, 2.45) is 5.92 Å². The first kappa shape index (κ1) is 27.2. The number of amides is 3. The molecule has 0 bridgehead atoms. The Bertz CT molecular complexity index is 913. The lowest BCUT2D eigenvalue weighted by molar-refractivity contribution is -0.143. The van der Waals surface area contributed by atoms with Crippen molar-refractivity contribution < 1.29 is 19.1 Å². The van der Waals surface area contributed by atoms with E-state index in [1.165, 1.54) is 0 Å². The van der Waals surface area contributed by atoms with Crippen LogP contribution >= 0.6 is 0 Å². The van der Waals surface area contributed by atoms with Gasteiger partial charge in [0.1, 0.15) is 17.7 Å². The molecule has 7 nitrogen and oxygen atoms in total. The lowest BCUT2D eigenvalue weighted by Crippen LogP contribution is -2.53. The van der Waals surface area contributed by atoms with Crippen LogP contribution in [0, 0.1) is 18.3 Å². The molecule has 5 unspecified atom stereocenters. The molecule has 0 aliphatic heterocycles. The Labute approximate surface area is 204 Å². The summed E-state index contributed by atoms with van der Waals surface area (Å²) in [6.07, 6.45) is 7.39. The van der Waals surface area contributed by atoms with Gasteiger partial charge in [-0.05, 0) is 71.1 Å². The summed E-state index contributed by atoms with van der Waals surface area (Å²) >= 11 is 0. The second kappa shape index (κ2) is 11.4. The minimum Gasteiger partial charge on any atom is -0.444 e. The van der Waals surface area contributed by atoms with Gasteiger partial charge in [-0.15, -0.1) is 6.42 Å². The molecule has 0 aromatic heterocycles. The van der Waals surface area contributed by atoms with Crippen molar-refractivity contribution in [2.75, 3.05) is 0 Å². The van der Waals surface area contributed by atoms with Crippen LogP contribution in [0.25, 0.3) is 0 Å². The first-order valence-electron chi connectivity index (χ1n) is 12.1. The molecule has 1 aromatic carbocycles. The Balaban J connectivity index is 2.38. The molecular formula is C27H39N3O4. The topological polar surface area (TPSA) is 87.7 Å². The van der Waals surface area contributed by atoms with Gasteiger partial charge in [0, 0.05) is 17.6 Å². The molecule has 5 atom stereocenters. The van der Waals surface area contributed by atoms with Crippen molar-refractivity contribution in [3.8, 4) is 12.3 Å². The molecule has 0 radical (unpaired) electrons. The van der Waals surface area contributed by atoms with Crippen LogP contribution < -0.4 is 10.6 Å². The summed E-state index contributed by atoms with van der Waals surface area (Å²) in [5, 5.41) is 5.69. The first-order chi connectivity index (χ1) is 15.9. The highest BCUT2D eigenvalue weighted by Gasteiger charge is 2.47. The minimum absolute atomic E-state index is 0.0316. The molecule has 1 fully saturated rings. The third-order valence-corrected chi connectivity index (χ3v) is 5.81. The normalized spacial score (nSPS) is 19.7. The smallest absolute Gasteiger partial charge is 0.408 e. The minimum atomic E-state index is -0.865. The van der Waals surface area contributed by atoms with Crippen LogP contribution in [0.2, 0.25) is 0 Å². The summed E-state index contributed by atoms with van der Waals surface area (Å²) in [5.41, 5.74) is 0.686. The Hall–Kier alpha value is -3.01. The monoisotopic (exact) mass is 469 g/mol. The second-order valence-corrected chi connectivity index (χ2v) is 10.3. The Morgan fingerprint density at radius 2 is 1.76 bits per heavy atom. The van der Waals surface area contributed by atoms with Gasteiger partial charge >= 0.3 is 6.09 Å². The summed E-state index contributed by atoms with van der Waals surface area (Å²) in [5.74, 6) is 2.26. The van der Waals surface area contributed by atoms with Gasteiger partial charge in [0.05, 0.1) is 0 Å². The number of rotatable bonds is 9. The Morgan fingerprint density at radius 1 is 1.18 bits per heavy atom. The highest BCUT2D eigenvalue weighted by molar-refractivity contribution is 5.92. The summed E-state index contributed by atoms with van der Waals surface area (Å²) in [4.78, 5) is 41.1. The quantitative estimate of drug-likeness (QED) is 0.532. The predicted octanol–water partition coefficient (Wildman–Crippen LogP) is 4.16. The van der Waals surface area contributed by atoms with Crippen molar-refractivity contribution >= 4 is 17.9 Å². The van der Waals surface area contributed by atoms with Gasteiger partial charge in [-0.25, -0.2) is 4.79 Å². The average molecular weight is 470 g/mol. The molecule has 3 amide bonds. The summed E-state index contributed by atoms with van der Waals surface area (Å²) in [7, 11) is 0. The SMILES string of the molecule is C#Cc1ccc(C(C(=O)NC(C)CCC)N(C(=O)C(C)NC(=O)OC(C)(C)C)C2CC2C)cc1. The lowest BCUT2D eigenvalue weighted by atomic mass is 10.0. The van der Waals surface area contributed by atoms with Crippen LogP contribution in [0.15, 0.2) is 24.3 Å². The zero-order chi connectivity index (χ0) is 25.6. The Kier molecular flexibility index (Phi) is 9.14. The third kappa shape index (κ3) is 7.51. The van der Waals surface area contributed by atoms with Crippen LogP contribution in [0.5, 0.6) is 0 Å². The fraction of sp³-hybridized carbons (Fsp3) is 0.593. The number of nitrogens with one attached hydrogen (secondary N) is 2. The fourth-order valence-corrected chi connectivity index (χ4v) is 3.97. The third-order valence-electron chi connectivity index (χ3n) is 5.81. The first-order valence-corrected chi connectivity index (χ1v) is 12.1. The van der Waals surface area contributed by atoms with Gasteiger partial charge in [0.2, 0.25) is 11.8 Å². The molecule has 0 spiro atoms. The van der Waals surface area contributed by atoms with Gasteiger partial charge < -0.3 is 20.3 Å². The molecule has 1 aliphatic carbocycles. The van der Waals surface area contributed by atoms with Gasteiger partial charge in [-0.2, -0.15) is 0 Å². The van der Waals surface area contributed by atoms with E-state index in [0.717, 1.165) is 19.3 Å². The van der Waals surface area contributed by atoms with E-state index in [1.54, 1.807) is 56.9 Å². The summed E-state index contributed by atoms with van der Waals surface area (Å²) in [6.45, 7) is 13.0. The van der Waals surface area contributed by atoms with E-state index in [9.17, 15) is 14.4 Å². The molecule has 2 rings (SSSR count). The van der Waals surface area contributed by atoms with Gasteiger partial charge in [-0.1, -0.05) is 38.3 Å². The molecule has 1 aliphatic rings. The van der Waals surface area contributed by atoms with Gasteiger partial charge in [0.15, 0.2) is 0 Å². The number of terminal acetylenes is 1. The number of ether oxygens (including phenoxy) is 1.